The number of hydrogen-bond acceptors (Lipinski definition) is 0. The van der Waals surface area contributed by atoms with E-state index in [-0.39, 0.29) is 0 Å². The predicted molar refractivity (Wildman–Crippen MR) is 162 cm³/mol. The number of aromatic nitrogens is 1. The highest BCUT2D eigenvalue weighted by Crippen LogP contribution is 2.42. The number of rotatable bonds is 4. The molecule has 0 N–H and O–H groups in total. The largest absolute Gasteiger partial charge is 0.309 e. The summed E-state index contributed by atoms with van der Waals surface area (Å²) in [6.45, 7) is 0. The molecule has 0 saturated carbocycles. The molecule has 1 nitrogen and oxygen atoms in total. The second kappa shape index (κ2) is 9.37. The summed E-state index contributed by atoms with van der Waals surface area (Å²) in [5, 5.41) is 3.10. The minimum atomic E-state index is 0.738. The number of benzene rings is 6. The fraction of sp³-hybridized carbons (Fsp3) is 0. The van der Waals surface area contributed by atoms with Gasteiger partial charge in [0.15, 0.2) is 0 Å². The van der Waals surface area contributed by atoms with Gasteiger partial charge in [0.1, 0.15) is 0 Å². The molecule has 0 bridgehead atoms. The Kier molecular flexibility index (Phi) is 5.57. The molecule has 7 rings (SSSR count). The number of hydrogen-bond donors (Lipinski definition) is 0. The van der Waals surface area contributed by atoms with Crippen LogP contribution in [0.15, 0.2) is 146 Å². The lowest BCUT2D eigenvalue weighted by atomic mass is 9.94. The minimum Gasteiger partial charge on any atom is -0.309 e. The van der Waals surface area contributed by atoms with Gasteiger partial charge in [-0.2, -0.15) is 0 Å². The topological polar surface area (TPSA) is 4.93 Å². The average molecular weight is 506 g/mol. The third-order valence-electron chi connectivity index (χ3n) is 7.25. The molecule has 2 heteroatoms. The van der Waals surface area contributed by atoms with E-state index in [1.165, 1.54) is 38.8 Å². The van der Waals surface area contributed by atoms with Crippen LogP contribution >= 0.6 is 11.6 Å². The molecule has 0 aliphatic heterocycles. The van der Waals surface area contributed by atoms with E-state index in [4.69, 9.17) is 11.6 Å². The number of halogens is 1. The highest BCUT2D eigenvalue weighted by Gasteiger charge is 2.18. The van der Waals surface area contributed by atoms with Crippen LogP contribution in [0.25, 0.3) is 60.9 Å². The van der Waals surface area contributed by atoms with Crippen molar-refractivity contribution in [1.82, 2.24) is 4.57 Å². The fourth-order valence-electron chi connectivity index (χ4n) is 5.47. The van der Waals surface area contributed by atoms with Gasteiger partial charge in [-0.1, -0.05) is 115 Å². The normalized spacial score (nSPS) is 11.3. The number of nitrogens with zero attached hydrogens (tertiary/aromatic N) is 1. The molecule has 7 aromatic rings. The van der Waals surface area contributed by atoms with Gasteiger partial charge in [0.2, 0.25) is 0 Å². The maximum atomic E-state index is 6.58. The fourth-order valence-corrected chi connectivity index (χ4v) is 5.65. The molecule has 6 aromatic carbocycles. The van der Waals surface area contributed by atoms with Crippen molar-refractivity contribution in [2.45, 2.75) is 0 Å². The van der Waals surface area contributed by atoms with Crippen molar-refractivity contribution >= 4 is 33.4 Å². The maximum absolute atomic E-state index is 6.58. The summed E-state index contributed by atoms with van der Waals surface area (Å²) < 4.78 is 2.37. The van der Waals surface area contributed by atoms with Gasteiger partial charge in [0.05, 0.1) is 11.0 Å². The third kappa shape index (κ3) is 3.89. The van der Waals surface area contributed by atoms with Crippen LogP contribution in [0, 0.1) is 0 Å². The first-order chi connectivity index (χ1) is 18.8. The Morgan fingerprint density at radius 2 is 0.974 bits per heavy atom. The second-order valence-electron chi connectivity index (χ2n) is 9.56. The van der Waals surface area contributed by atoms with Crippen LogP contribution in [0.4, 0.5) is 0 Å². The van der Waals surface area contributed by atoms with E-state index in [2.05, 4.69) is 144 Å². The van der Waals surface area contributed by atoms with Gasteiger partial charge < -0.3 is 4.57 Å². The lowest BCUT2D eigenvalue weighted by Gasteiger charge is -2.13. The molecule has 0 unspecified atom stereocenters. The van der Waals surface area contributed by atoms with E-state index >= 15 is 0 Å². The van der Waals surface area contributed by atoms with Gasteiger partial charge in [-0.3, -0.25) is 0 Å². The van der Waals surface area contributed by atoms with Crippen LogP contribution in [0.1, 0.15) is 0 Å². The Balaban J connectivity index is 1.55. The van der Waals surface area contributed by atoms with Crippen molar-refractivity contribution in [3.63, 3.8) is 0 Å². The Hall–Kier alpha value is -4.59. The SMILES string of the molecule is Clc1ccc2c(c1)c1c(-c3ccccc3)cc(-c3ccccc3)cc1n2-c1ccc(-c2ccccc2)cc1. The summed E-state index contributed by atoms with van der Waals surface area (Å²) in [6, 6.07) is 51.5. The zero-order valence-corrected chi connectivity index (χ0v) is 21.4. The Morgan fingerprint density at radius 3 is 1.61 bits per heavy atom. The molecule has 180 valence electrons. The molecule has 0 aliphatic carbocycles. The molecule has 0 fully saturated rings. The molecule has 0 saturated heterocycles. The van der Waals surface area contributed by atoms with Crippen LogP contribution in [0.2, 0.25) is 5.02 Å². The van der Waals surface area contributed by atoms with E-state index in [9.17, 15) is 0 Å². The van der Waals surface area contributed by atoms with Crippen molar-refractivity contribution < 1.29 is 0 Å². The Labute approximate surface area is 227 Å². The lowest BCUT2D eigenvalue weighted by molar-refractivity contribution is 1.18. The zero-order chi connectivity index (χ0) is 25.5. The molecule has 0 aliphatic rings. The van der Waals surface area contributed by atoms with Gasteiger partial charge in [0.25, 0.3) is 0 Å². The molecule has 0 atom stereocenters. The minimum absolute atomic E-state index is 0.738. The first-order valence-corrected chi connectivity index (χ1v) is 13.2. The van der Waals surface area contributed by atoms with E-state index < -0.39 is 0 Å². The van der Waals surface area contributed by atoms with Crippen LogP contribution in [-0.2, 0) is 0 Å². The van der Waals surface area contributed by atoms with Crippen LogP contribution < -0.4 is 0 Å². The standard InChI is InChI=1S/C36H24ClN/c37-30-18-21-34-33(24-30)36-32(28-14-8-3-9-15-28)22-29(26-12-6-2-7-13-26)23-35(36)38(34)31-19-16-27(17-20-31)25-10-4-1-5-11-25/h1-24H. The highest BCUT2D eigenvalue weighted by atomic mass is 35.5. The summed E-state index contributed by atoms with van der Waals surface area (Å²) in [5.41, 5.74) is 10.6. The van der Waals surface area contributed by atoms with Crippen LogP contribution in [-0.4, -0.2) is 4.57 Å². The molecule has 38 heavy (non-hydrogen) atoms. The zero-order valence-electron chi connectivity index (χ0n) is 20.7. The van der Waals surface area contributed by atoms with Crippen molar-refractivity contribution in [2.24, 2.45) is 0 Å². The first kappa shape index (κ1) is 22.6. The monoisotopic (exact) mass is 505 g/mol. The Morgan fingerprint density at radius 1 is 0.421 bits per heavy atom. The van der Waals surface area contributed by atoms with E-state index in [1.807, 2.05) is 6.07 Å². The smallest absolute Gasteiger partial charge is 0.0553 e. The van der Waals surface area contributed by atoms with E-state index in [1.54, 1.807) is 0 Å². The summed E-state index contributed by atoms with van der Waals surface area (Å²) in [7, 11) is 0. The number of fused-ring (bicyclic) bond motifs is 3. The first-order valence-electron chi connectivity index (χ1n) is 12.8. The summed E-state index contributed by atoms with van der Waals surface area (Å²) in [4.78, 5) is 0. The van der Waals surface area contributed by atoms with Crippen molar-refractivity contribution in [3.05, 3.63) is 151 Å². The lowest BCUT2D eigenvalue weighted by Crippen LogP contribution is -1.94. The van der Waals surface area contributed by atoms with Crippen molar-refractivity contribution in [2.75, 3.05) is 0 Å². The highest BCUT2D eigenvalue weighted by molar-refractivity contribution is 6.32. The summed E-state index contributed by atoms with van der Waals surface area (Å²) in [6.07, 6.45) is 0. The molecule has 1 aromatic heterocycles. The van der Waals surface area contributed by atoms with Gasteiger partial charge >= 0.3 is 0 Å². The molecular weight excluding hydrogens is 482 g/mol. The van der Waals surface area contributed by atoms with Crippen molar-refractivity contribution in [1.29, 1.82) is 0 Å². The maximum Gasteiger partial charge on any atom is 0.0553 e. The second-order valence-corrected chi connectivity index (χ2v) is 10.00. The molecular formula is C36H24ClN. The van der Waals surface area contributed by atoms with Crippen molar-refractivity contribution in [3.8, 4) is 39.1 Å². The molecule has 1 heterocycles. The Bertz CT molecular complexity index is 1890. The summed E-state index contributed by atoms with van der Waals surface area (Å²) in [5.74, 6) is 0. The van der Waals surface area contributed by atoms with Gasteiger partial charge in [-0.05, 0) is 75.8 Å². The van der Waals surface area contributed by atoms with Gasteiger partial charge in [0, 0.05) is 21.5 Å². The van der Waals surface area contributed by atoms with Crippen LogP contribution in [0.3, 0.4) is 0 Å². The predicted octanol–water partition coefficient (Wildman–Crippen LogP) is 10.4. The third-order valence-corrected chi connectivity index (χ3v) is 7.49. The van der Waals surface area contributed by atoms with Gasteiger partial charge in [-0.25, -0.2) is 0 Å². The molecule has 0 radical (unpaired) electrons. The average Bonchev–Trinajstić information content (AvgIpc) is 3.31. The van der Waals surface area contributed by atoms with Crippen LogP contribution in [0.5, 0.6) is 0 Å². The molecule has 0 spiro atoms. The molecule has 0 amide bonds. The summed E-state index contributed by atoms with van der Waals surface area (Å²) >= 11 is 6.58. The quantitative estimate of drug-likeness (QED) is 0.224. The van der Waals surface area contributed by atoms with Gasteiger partial charge in [-0.15, -0.1) is 0 Å². The van der Waals surface area contributed by atoms with E-state index in [0.717, 1.165) is 27.1 Å². The van der Waals surface area contributed by atoms with E-state index in [0.29, 0.717) is 0 Å².